The Morgan fingerprint density at radius 1 is 1.29 bits per heavy atom. The fraction of sp³-hybridized carbons (Fsp3) is 0.929. The van der Waals surface area contributed by atoms with Crippen molar-refractivity contribution in [2.75, 3.05) is 0 Å². The topological polar surface area (TPSA) is 55.1 Å². The lowest BCUT2D eigenvalue weighted by molar-refractivity contribution is -0.124. The Hall–Kier alpha value is -0.570. The highest BCUT2D eigenvalue weighted by molar-refractivity contribution is 5.82. The number of carbonyl (C=O) groups is 1. The second-order valence-electron chi connectivity index (χ2n) is 6.03. The van der Waals surface area contributed by atoms with Gasteiger partial charge in [-0.3, -0.25) is 4.79 Å². The predicted molar refractivity (Wildman–Crippen MR) is 71.5 cm³/mol. The minimum absolute atomic E-state index is 0.0330. The quantitative estimate of drug-likeness (QED) is 0.792. The van der Waals surface area contributed by atoms with Crippen molar-refractivity contribution in [1.82, 2.24) is 5.32 Å². The summed E-state index contributed by atoms with van der Waals surface area (Å²) in [5.74, 6) is 1.71. The Balaban J connectivity index is 2.45. The number of rotatable bonds is 4. The Kier molecular flexibility index (Phi) is 5.44. The van der Waals surface area contributed by atoms with Gasteiger partial charge in [0.15, 0.2) is 0 Å². The molecule has 4 atom stereocenters. The van der Waals surface area contributed by atoms with Gasteiger partial charge in [-0.25, -0.2) is 0 Å². The van der Waals surface area contributed by atoms with E-state index in [9.17, 15) is 4.79 Å². The van der Waals surface area contributed by atoms with Gasteiger partial charge in [-0.15, -0.1) is 0 Å². The molecule has 3 nitrogen and oxygen atoms in total. The van der Waals surface area contributed by atoms with Crippen molar-refractivity contribution in [3.05, 3.63) is 0 Å². The molecule has 1 aliphatic carbocycles. The van der Waals surface area contributed by atoms with Crippen LogP contribution in [0.25, 0.3) is 0 Å². The molecule has 1 saturated carbocycles. The van der Waals surface area contributed by atoms with Crippen molar-refractivity contribution in [1.29, 1.82) is 0 Å². The number of nitrogens with two attached hydrogens (primary N) is 1. The first kappa shape index (κ1) is 14.5. The largest absolute Gasteiger partial charge is 0.352 e. The fourth-order valence-electron chi connectivity index (χ4n) is 2.87. The first-order chi connectivity index (χ1) is 7.93. The van der Waals surface area contributed by atoms with Crippen LogP contribution in [0.3, 0.4) is 0 Å². The van der Waals surface area contributed by atoms with E-state index in [1.54, 1.807) is 0 Å². The molecule has 1 fully saturated rings. The molecule has 1 amide bonds. The Morgan fingerprint density at radius 2 is 1.82 bits per heavy atom. The van der Waals surface area contributed by atoms with Crippen LogP contribution in [0.2, 0.25) is 0 Å². The van der Waals surface area contributed by atoms with Gasteiger partial charge >= 0.3 is 0 Å². The van der Waals surface area contributed by atoms with Crippen molar-refractivity contribution in [2.45, 2.75) is 65.5 Å². The molecule has 0 saturated heterocycles. The van der Waals surface area contributed by atoms with Crippen molar-refractivity contribution in [3.63, 3.8) is 0 Å². The van der Waals surface area contributed by atoms with Crippen LogP contribution in [-0.4, -0.2) is 18.0 Å². The number of hydrogen-bond donors (Lipinski definition) is 2. The van der Waals surface area contributed by atoms with Crippen LogP contribution < -0.4 is 11.1 Å². The molecule has 4 unspecified atom stereocenters. The summed E-state index contributed by atoms with van der Waals surface area (Å²) in [4.78, 5) is 12.0. The van der Waals surface area contributed by atoms with E-state index in [2.05, 4.69) is 26.1 Å². The summed E-state index contributed by atoms with van der Waals surface area (Å²) < 4.78 is 0. The smallest absolute Gasteiger partial charge is 0.237 e. The van der Waals surface area contributed by atoms with Gasteiger partial charge in [0, 0.05) is 6.04 Å². The van der Waals surface area contributed by atoms with E-state index in [1.807, 2.05) is 6.92 Å². The van der Waals surface area contributed by atoms with Gasteiger partial charge in [-0.05, 0) is 37.0 Å². The molecule has 0 aliphatic heterocycles. The van der Waals surface area contributed by atoms with Gasteiger partial charge in [0.1, 0.15) is 0 Å². The molecule has 3 N–H and O–H groups in total. The van der Waals surface area contributed by atoms with Crippen molar-refractivity contribution >= 4 is 5.91 Å². The summed E-state index contributed by atoms with van der Waals surface area (Å²) in [6.07, 6.45) is 4.43. The predicted octanol–water partition coefficient (Wildman–Crippen LogP) is 2.30. The van der Waals surface area contributed by atoms with Crippen molar-refractivity contribution in [2.24, 2.45) is 23.5 Å². The van der Waals surface area contributed by atoms with Gasteiger partial charge in [-0.2, -0.15) is 0 Å². The number of hydrogen-bond acceptors (Lipinski definition) is 2. The molecule has 0 spiro atoms. The van der Waals surface area contributed by atoms with Crippen LogP contribution in [0.1, 0.15) is 53.4 Å². The third-order valence-corrected chi connectivity index (χ3v) is 4.08. The van der Waals surface area contributed by atoms with Gasteiger partial charge in [0.05, 0.1) is 6.04 Å². The molecule has 17 heavy (non-hydrogen) atoms. The molecule has 3 heteroatoms. The van der Waals surface area contributed by atoms with E-state index < -0.39 is 0 Å². The van der Waals surface area contributed by atoms with E-state index in [0.29, 0.717) is 17.9 Å². The van der Waals surface area contributed by atoms with Gasteiger partial charge < -0.3 is 11.1 Å². The van der Waals surface area contributed by atoms with Gasteiger partial charge in [-0.1, -0.05) is 34.1 Å². The van der Waals surface area contributed by atoms with E-state index in [0.717, 1.165) is 19.3 Å². The zero-order valence-electron chi connectivity index (χ0n) is 11.7. The summed E-state index contributed by atoms with van der Waals surface area (Å²) in [6.45, 7) is 8.64. The lowest BCUT2D eigenvalue weighted by Gasteiger charge is -2.33. The fourth-order valence-corrected chi connectivity index (χ4v) is 2.87. The average molecular weight is 240 g/mol. The number of nitrogens with one attached hydrogen (secondary N) is 1. The van der Waals surface area contributed by atoms with Gasteiger partial charge in [0.25, 0.3) is 0 Å². The Morgan fingerprint density at radius 3 is 2.29 bits per heavy atom. The van der Waals surface area contributed by atoms with E-state index in [-0.39, 0.29) is 17.9 Å². The lowest BCUT2D eigenvalue weighted by atomic mass is 9.80. The second kappa shape index (κ2) is 6.39. The molecule has 0 bridgehead atoms. The molecular formula is C14H28N2O. The summed E-state index contributed by atoms with van der Waals surface area (Å²) in [5, 5.41) is 3.13. The molecule has 0 aromatic rings. The molecule has 0 radical (unpaired) electrons. The van der Waals surface area contributed by atoms with Crippen molar-refractivity contribution in [3.8, 4) is 0 Å². The third kappa shape index (κ3) is 4.30. The minimum atomic E-state index is -0.354. The van der Waals surface area contributed by atoms with E-state index in [1.165, 1.54) is 6.42 Å². The molecule has 100 valence electrons. The maximum absolute atomic E-state index is 12.0. The highest BCUT2D eigenvalue weighted by Crippen LogP contribution is 2.28. The molecule has 0 aromatic heterocycles. The van der Waals surface area contributed by atoms with Crippen LogP contribution in [-0.2, 0) is 4.79 Å². The van der Waals surface area contributed by atoms with Crippen LogP contribution in [0.15, 0.2) is 0 Å². The molecular weight excluding hydrogens is 212 g/mol. The minimum Gasteiger partial charge on any atom is -0.352 e. The summed E-state index contributed by atoms with van der Waals surface area (Å²) >= 11 is 0. The summed E-state index contributed by atoms with van der Waals surface area (Å²) in [5.41, 5.74) is 5.95. The van der Waals surface area contributed by atoms with Crippen LogP contribution in [0, 0.1) is 17.8 Å². The van der Waals surface area contributed by atoms with Crippen molar-refractivity contribution < 1.29 is 4.79 Å². The molecule has 0 heterocycles. The number of amides is 1. The summed E-state index contributed by atoms with van der Waals surface area (Å²) in [7, 11) is 0. The maximum Gasteiger partial charge on any atom is 0.237 e. The van der Waals surface area contributed by atoms with Crippen LogP contribution in [0.4, 0.5) is 0 Å². The summed E-state index contributed by atoms with van der Waals surface area (Å²) in [6, 6.07) is -0.0242. The standard InChI is InChI=1S/C14H28N2O/c1-5-11(4)13(15)14(17)16-12-7-9(2)6-10(3)8-12/h9-13H,5-8,15H2,1-4H3,(H,16,17). The Labute approximate surface area is 106 Å². The first-order valence-electron chi connectivity index (χ1n) is 7.00. The monoisotopic (exact) mass is 240 g/mol. The van der Waals surface area contributed by atoms with Gasteiger partial charge in [0.2, 0.25) is 5.91 Å². The molecule has 1 aliphatic rings. The van der Waals surface area contributed by atoms with E-state index in [4.69, 9.17) is 5.73 Å². The highest BCUT2D eigenvalue weighted by Gasteiger charge is 2.27. The molecule has 1 rings (SSSR count). The maximum atomic E-state index is 12.0. The lowest BCUT2D eigenvalue weighted by Crippen LogP contribution is -2.49. The SMILES string of the molecule is CCC(C)C(N)C(=O)NC1CC(C)CC(C)C1. The normalized spacial score (nSPS) is 32.9. The zero-order chi connectivity index (χ0) is 13.0. The Bertz CT molecular complexity index is 245. The third-order valence-electron chi connectivity index (χ3n) is 4.08. The average Bonchev–Trinajstić information content (AvgIpc) is 2.25. The molecule has 0 aromatic carbocycles. The van der Waals surface area contributed by atoms with Crippen LogP contribution in [0.5, 0.6) is 0 Å². The highest BCUT2D eigenvalue weighted by atomic mass is 16.2. The zero-order valence-corrected chi connectivity index (χ0v) is 11.7. The first-order valence-corrected chi connectivity index (χ1v) is 7.00. The second-order valence-corrected chi connectivity index (χ2v) is 6.03. The van der Waals surface area contributed by atoms with Crippen LogP contribution >= 0.6 is 0 Å². The van der Waals surface area contributed by atoms with E-state index >= 15 is 0 Å². The number of carbonyl (C=O) groups excluding carboxylic acids is 1.